The van der Waals surface area contributed by atoms with E-state index in [-0.39, 0.29) is 16.7 Å². The smallest absolute Gasteiger partial charge is 0.256 e. The molecule has 5 rings (SSSR count). The predicted octanol–water partition coefficient (Wildman–Crippen LogP) is 5.21. The van der Waals surface area contributed by atoms with Crippen molar-refractivity contribution >= 4 is 59.7 Å². The van der Waals surface area contributed by atoms with E-state index in [1.165, 1.54) is 39.9 Å². The molecule has 38 heavy (non-hydrogen) atoms. The first kappa shape index (κ1) is 26.5. The number of carbonyl (C=O) groups is 2. The van der Waals surface area contributed by atoms with Crippen LogP contribution in [0.4, 0.5) is 5.00 Å². The van der Waals surface area contributed by atoms with Gasteiger partial charge in [-0.3, -0.25) is 9.59 Å². The molecule has 8 nitrogen and oxygen atoms in total. The van der Waals surface area contributed by atoms with Crippen molar-refractivity contribution in [3.05, 3.63) is 64.5 Å². The maximum Gasteiger partial charge on any atom is 0.256 e. The Morgan fingerprint density at radius 3 is 2.42 bits per heavy atom. The van der Waals surface area contributed by atoms with Crippen LogP contribution in [0.25, 0.3) is 20.8 Å². The van der Waals surface area contributed by atoms with Crippen molar-refractivity contribution in [1.82, 2.24) is 14.2 Å². The summed E-state index contributed by atoms with van der Waals surface area (Å²) in [7, 11) is -3.61. The maximum atomic E-state index is 13.3. The average Bonchev–Trinajstić information content (AvgIpc) is 3.49. The number of nitrogens with zero attached hydrogens (tertiary/aromatic N) is 3. The van der Waals surface area contributed by atoms with E-state index in [0.717, 1.165) is 31.2 Å². The minimum atomic E-state index is -3.61. The molecule has 0 aliphatic carbocycles. The van der Waals surface area contributed by atoms with Gasteiger partial charge in [-0.05, 0) is 48.4 Å². The third kappa shape index (κ3) is 4.86. The third-order valence-corrected chi connectivity index (χ3v) is 10.9. The SMILES string of the molecule is CCN(CC)S(=O)(=O)c1ccc(C(=O)Nc2sc3c(c2-c2nc4ccccc4s2)CCN(C(C)=O)C3)cc1. The molecule has 3 heterocycles. The van der Waals surface area contributed by atoms with Gasteiger partial charge in [-0.2, -0.15) is 4.31 Å². The van der Waals surface area contributed by atoms with Gasteiger partial charge in [0.15, 0.2) is 0 Å². The highest BCUT2D eigenvalue weighted by Gasteiger charge is 2.29. The molecule has 0 spiro atoms. The van der Waals surface area contributed by atoms with Crippen molar-refractivity contribution in [1.29, 1.82) is 0 Å². The van der Waals surface area contributed by atoms with Crippen molar-refractivity contribution in [2.45, 2.75) is 38.6 Å². The molecule has 0 radical (unpaired) electrons. The second-order valence-electron chi connectivity index (χ2n) is 8.95. The van der Waals surface area contributed by atoms with Gasteiger partial charge >= 0.3 is 0 Å². The fraction of sp³-hybridized carbons (Fsp3) is 0.296. The number of benzene rings is 2. The average molecular weight is 569 g/mol. The Bertz CT molecular complexity index is 1590. The molecule has 0 fully saturated rings. The van der Waals surface area contributed by atoms with Gasteiger partial charge in [-0.25, -0.2) is 13.4 Å². The van der Waals surface area contributed by atoms with E-state index in [4.69, 9.17) is 4.98 Å². The summed E-state index contributed by atoms with van der Waals surface area (Å²) < 4.78 is 28.1. The van der Waals surface area contributed by atoms with Crippen molar-refractivity contribution < 1.29 is 18.0 Å². The summed E-state index contributed by atoms with van der Waals surface area (Å²) in [6.07, 6.45) is 0.685. The van der Waals surface area contributed by atoms with Crippen LogP contribution in [0.5, 0.6) is 0 Å². The van der Waals surface area contributed by atoms with E-state index >= 15 is 0 Å². The number of fused-ring (bicyclic) bond motifs is 2. The van der Waals surface area contributed by atoms with Crippen molar-refractivity contribution in [2.75, 3.05) is 25.0 Å². The lowest BCUT2D eigenvalue weighted by Crippen LogP contribution is -2.33. The maximum absolute atomic E-state index is 13.3. The normalized spacial score (nSPS) is 13.6. The van der Waals surface area contributed by atoms with Gasteiger partial charge in [0.1, 0.15) is 10.0 Å². The zero-order valence-electron chi connectivity index (χ0n) is 21.4. The molecule has 198 valence electrons. The molecule has 1 aliphatic heterocycles. The number of rotatable bonds is 7. The summed E-state index contributed by atoms with van der Waals surface area (Å²) in [5, 5.41) is 4.57. The van der Waals surface area contributed by atoms with Crippen molar-refractivity contribution in [2.24, 2.45) is 0 Å². The summed E-state index contributed by atoms with van der Waals surface area (Å²) >= 11 is 3.04. The summed E-state index contributed by atoms with van der Waals surface area (Å²) in [4.78, 5) is 33.2. The summed E-state index contributed by atoms with van der Waals surface area (Å²) in [6.45, 7) is 7.03. The predicted molar refractivity (Wildman–Crippen MR) is 152 cm³/mol. The molecule has 1 aliphatic rings. The molecule has 11 heteroatoms. The monoisotopic (exact) mass is 568 g/mol. The second-order valence-corrected chi connectivity index (χ2v) is 13.0. The Kier molecular flexibility index (Phi) is 7.36. The zero-order valence-corrected chi connectivity index (χ0v) is 23.8. The van der Waals surface area contributed by atoms with Crippen LogP contribution in [-0.4, -0.2) is 54.1 Å². The largest absolute Gasteiger partial charge is 0.337 e. The number of nitrogens with one attached hydrogen (secondary N) is 1. The van der Waals surface area contributed by atoms with Crippen molar-refractivity contribution in [3.63, 3.8) is 0 Å². The fourth-order valence-electron chi connectivity index (χ4n) is 4.63. The minimum absolute atomic E-state index is 0.0240. The van der Waals surface area contributed by atoms with E-state index in [2.05, 4.69) is 5.32 Å². The molecule has 4 aromatic rings. The van der Waals surface area contributed by atoms with Gasteiger partial charge in [-0.15, -0.1) is 22.7 Å². The number of thiophene rings is 1. The first-order valence-electron chi connectivity index (χ1n) is 12.4. The first-order chi connectivity index (χ1) is 18.2. The number of thiazole rings is 1. The van der Waals surface area contributed by atoms with Gasteiger partial charge < -0.3 is 10.2 Å². The van der Waals surface area contributed by atoms with Gasteiger partial charge in [0, 0.05) is 42.6 Å². The standard InChI is InChI=1S/C27H28N4O4S3/c1-4-31(5-2)38(34,35)19-12-10-18(11-13-19)25(33)29-27-24(26-28-21-8-6-7-9-22(21)36-26)20-14-15-30(17(3)32)16-23(20)37-27/h6-13H,4-5,14-16H2,1-3H3,(H,29,33). The number of anilines is 1. The molecule has 0 atom stereocenters. The highest BCUT2D eigenvalue weighted by atomic mass is 32.2. The van der Waals surface area contributed by atoms with E-state index in [1.807, 2.05) is 29.2 Å². The van der Waals surface area contributed by atoms with Crippen LogP contribution in [0.2, 0.25) is 0 Å². The molecule has 1 N–H and O–H groups in total. The van der Waals surface area contributed by atoms with Crippen LogP contribution in [0.1, 0.15) is 41.6 Å². The highest BCUT2D eigenvalue weighted by molar-refractivity contribution is 7.89. The molecule has 2 aromatic carbocycles. The lowest BCUT2D eigenvalue weighted by Gasteiger charge is -2.26. The first-order valence-corrected chi connectivity index (χ1v) is 15.5. The number of aromatic nitrogens is 1. The van der Waals surface area contributed by atoms with Crippen LogP contribution >= 0.6 is 22.7 Å². The second kappa shape index (κ2) is 10.6. The number of sulfonamides is 1. The minimum Gasteiger partial charge on any atom is -0.337 e. The lowest BCUT2D eigenvalue weighted by atomic mass is 10.0. The summed E-state index contributed by atoms with van der Waals surface area (Å²) in [5.41, 5.74) is 3.28. The van der Waals surface area contributed by atoms with Crippen LogP contribution in [-0.2, 0) is 27.8 Å². The Morgan fingerprint density at radius 1 is 1.05 bits per heavy atom. The molecule has 0 saturated heterocycles. The topological polar surface area (TPSA) is 99.7 Å². The van der Waals surface area contributed by atoms with E-state index in [1.54, 1.807) is 32.1 Å². The van der Waals surface area contributed by atoms with Crippen LogP contribution in [0, 0.1) is 0 Å². The van der Waals surface area contributed by atoms with Crippen LogP contribution in [0.3, 0.4) is 0 Å². The summed E-state index contributed by atoms with van der Waals surface area (Å²) in [6, 6.07) is 13.9. The van der Waals surface area contributed by atoms with E-state index in [0.29, 0.717) is 43.2 Å². The van der Waals surface area contributed by atoms with E-state index < -0.39 is 10.0 Å². The zero-order chi connectivity index (χ0) is 27.0. The van der Waals surface area contributed by atoms with Gasteiger partial charge in [0.25, 0.3) is 5.91 Å². The number of para-hydroxylation sites is 1. The molecule has 0 saturated carbocycles. The molecule has 2 aromatic heterocycles. The van der Waals surface area contributed by atoms with Crippen molar-refractivity contribution in [3.8, 4) is 10.6 Å². The van der Waals surface area contributed by atoms with Gasteiger partial charge in [0.05, 0.1) is 21.7 Å². The third-order valence-electron chi connectivity index (χ3n) is 6.70. The molecule has 2 amide bonds. The number of hydrogen-bond donors (Lipinski definition) is 1. The van der Waals surface area contributed by atoms with Gasteiger partial charge in [-0.1, -0.05) is 26.0 Å². The van der Waals surface area contributed by atoms with Crippen LogP contribution < -0.4 is 5.32 Å². The Labute approximate surface area is 230 Å². The molecular formula is C27H28N4O4S3. The van der Waals surface area contributed by atoms with Gasteiger partial charge in [0.2, 0.25) is 15.9 Å². The Morgan fingerprint density at radius 2 is 1.76 bits per heavy atom. The fourth-order valence-corrected chi connectivity index (χ4v) is 8.46. The number of amides is 2. The molecule has 0 bridgehead atoms. The summed E-state index contributed by atoms with van der Waals surface area (Å²) in [5.74, 6) is -0.308. The number of hydrogen-bond acceptors (Lipinski definition) is 7. The highest BCUT2D eigenvalue weighted by Crippen LogP contribution is 2.45. The molecular weight excluding hydrogens is 541 g/mol. The lowest BCUT2D eigenvalue weighted by molar-refractivity contribution is -0.129. The Hall–Kier alpha value is -3.12. The Balaban J connectivity index is 1.49. The quantitative estimate of drug-likeness (QED) is 0.330. The molecule has 0 unspecified atom stereocenters. The van der Waals surface area contributed by atoms with E-state index in [9.17, 15) is 18.0 Å². The van der Waals surface area contributed by atoms with Crippen LogP contribution in [0.15, 0.2) is 53.4 Å². The number of carbonyl (C=O) groups excluding carboxylic acids is 2.